The van der Waals surface area contributed by atoms with Crippen molar-refractivity contribution in [1.82, 2.24) is 4.98 Å². The van der Waals surface area contributed by atoms with Gasteiger partial charge in [-0.25, -0.2) is 0 Å². The first-order valence-corrected chi connectivity index (χ1v) is 7.93. The fourth-order valence-electron chi connectivity index (χ4n) is 2.10. The number of fused-ring (bicyclic) bond motifs is 1. The van der Waals surface area contributed by atoms with E-state index in [1.54, 1.807) is 18.5 Å². The summed E-state index contributed by atoms with van der Waals surface area (Å²) in [5, 5.41) is 0.998. The van der Waals surface area contributed by atoms with Crippen LogP contribution in [-0.2, 0) is 10.1 Å². The van der Waals surface area contributed by atoms with Gasteiger partial charge >= 0.3 is 0 Å². The molecule has 110 valence electrons. The van der Waals surface area contributed by atoms with Gasteiger partial charge in [0.05, 0.1) is 16.1 Å². The van der Waals surface area contributed by atoms with Gasteiger partial charge in [-0.05, 0) is 24.3 Å². The number of hydrogen-bond acceptors (Lipinski definition) is 4. The Kier molecular flexibility index (Phi) is 3.70. The van der Waals surface area contributed by atoms with Crippen LogP contribution in [0.15, 0.2) is 70.7 Å². The van der Waals surface area contributed by atoms with Crippen LogP contribution in [0.2, 0.25) is 0 Å². The first kappa shape index (κ1) is 14.4. The van der Waals surface area contributed by atoms with Crippen LogP contribution in [0, 0.1) is 0 Å². The van der Waals surface area contributed by atoms with E-state index in [-0.39, 0.29) is 4.90 Å². The Bertz CT molecular complexity index is 961. The second-order valence-electron chi connectivity index (χ2n) is 4.65. The average molecular weight is 312 g/mol. The maximum absolute atomic E-state index is 11.1. The van der Waals surface area contributed by atoms with Crippen LogP contribution in [0.5, 0.6) is 0 Å². The van der Waals surface area contributed by atoms with Crippen LogP contribution in [0.4, 0.5) is 5.69 Å². The molecular weight excluding hydrogens is 300 g/mol. The number of rotatable bonds is 3. The molecule has 1 N–H and O–H groups in total. The summed E-state index contributed by atoms with van der Waals surface area (Å²) in [7, 11) is -4.23. The number of benzene rings is 2. The summed E-state index contributed by atoms with van der Waals surface area (Å²) in [6.07, 6.45) is 3.33. The van der Waals surface area contributed by atoms with E-state index in [1.807, 2.05) is 30.3 Å². The van der Waals surface area contributed by atoms with E-state index in [9.17, 15) is 8.42 Å². The minimum atomic E-state index is -4.23. The molecule has 0 saturated heterocycles. The molecule has 0 atom stereocenters. The van der Waals surface area contributed by atoms with Gasteiger partial charge in [0.2, 0.25) is 0 Å². The Morgan fingerprint density at radius 3 is 2.64 bits per heavy atom. The normalized spacial score (nSPS) is 12.0. The van der Waals surface area contributed by atoms with Crippen LogP contribution >= 0.6 is 0 Å². The van der Waals surface area contributed by atoms with Gasteiger partial charge in [-0.3, -0.25) is 14.5 Å². The highest BCUT2D eigenvalue weighted by Crippen LogP contribution is 2.19. The molecule has 5 nitrogen and oxygen atoms in total. The number of aromatic nitrogens is 1. The summed E-state index contributed by atoms with van der Waals surface area (Å²) in [4.78, 5) is 8.40. The van der Waals surface area contributed by atoms with Crippen molar-refractivity contribution in [2.45, 2.75) is 4.90 Å². The summed E-state index contributed by atoms with van der Waals surface area (Å²) in [6, 6.07) is 15.4. The van der Waals surface area contributed by atoms with E-state index in [4.69, 9.17) is 4.55 Å². The zero-order chi connectivity index (χ0) is 15.6. The number of pyridine rings is 1. The summed E-state index contributed by atoms with van der Waals surface area (Å²) in [5.41, 5.74) is 2.08. The Morgan fingerprint density at radius 2 is 1.82 bits per heavy atom. The number of hydrogen-bond donors (Lipinski definition) is 1. The van der Waals surface area contributed by atoms with Crippen LogP contribution in [-0.4, -0.2) is 24.2 Å². The summed E-state index contributed by atoms with van der Waals surface area (Å²) in [6.45, 7) is 0. The zero-order valence-electron chi connectivity index (χ0n) is 11.4. The van der Waals surface area contributed by atoms with E-state index in [1.165, 1.54) is 18.2 Å². The van der Waals surface area contributed by atoms with Gasteiger partial charge in [-0.15, -0.1) is 0 Å². The van der Waals surface area contributed by atoms with Gasteiger partial charge in [-0.1, -0.05) is 30.3 Å². The van der Waals surface area contributed by atoms with E-state index in [0.29, 0.717) is 5.69 Å². The number of para-hydroxylation sites is 1. The second-order valence-corrected chi connectivity index (χ2v) is 6.07. The second kappa shape index (κ2) is 5.67. The lowest BCUT2D eigenvalue weighted by Crippen LogP contribution is -1.96. The van der Waals surface area contributed by atoms with Crippen molar-refractivity contribution in [2.24, 2.45) is 4.99 Å². The van der Waals surface area contributed by atoms with E-state index >= 15 is 0 Å². The first-order chi connectivity index (χ1) is 10.5. The monoisotopic (exact) mass is 312 g/mol. The van der Waals surface area contributed by atoms with Crippen molar-refractivity contribution in [2.75, 3.05) is 0 Å². The molecule has 0 fully saturated rings. The molecule has 3 aromatic rings. The molecule has 0 spiro atoms. The van der Waals surface area contributed by atoms with Crippen molar-refractivity contribution in [1.29, 1.82) is 0 Å². The quantitative estimate of drug-likeness (QED) is 0.595. The molecule has 0 aliphatic carbocycles. The largest absolute Gasteiger partial charge is 0.294 e. The highest BCUT2D eigenvalue weighted by Gasteiger charge is 2.09. The van der Waals surface area contributed by atoms with Crippen molar-refractivity contribution >= 4 is 32.9 Å². The fraction of sp³-hybridized carbons (Fsp3) is 0. The highest BCUT2D eigenvalue weighted by atomic mass is 32.2. The third-order valence-corrected chi connectivity index (χ3v) is 3.98. The molecule has 0 saturated carbocycles. The van der Waals surface area contributed by atoms with E-state index in [2.05, 4.69) is 9.98 Å². The van der Waals surface area contributed by atoms with Crippen molar-refractivity contribution in [3.05, 3.63) is 66.4 Å². The van der Waals surface area contributed by atoms with E-state index in [0.717, 1.165) is 16.5 Å². The van der Waals surface area contributed by atoms with Gasteiger partial charge in [0.15, 0.2) is 0 Å². The number of aliphatic imine (C=N–C) groups is 1. The fourth-order valence-corrected chi connectivity index (χ4v) is 2.62. The minimum Gasteiger partial charge on any atom is -0.282 e. The Hall–Kier alpha value is -2.57. The highest BCUT2D eigenvalue weighted by molar-refractivity contribution is 7.85. The van der Waals surface area contributed by atoms with Gasteiger partial charge < -0.3 is 0 Å². The van der Waals surface area contributed by atoms with Crippen LogP contribution < -0.4 is 0 Å². The van der Waals surface area contributed by atoms with E-state index < -0.39 is 10.1 Å². The number of nitrogens with zero attached hydrogens (tertiary/aromatic N) is 2. The molecule has 3 rings (SSSR count). The SMILES string of the molecule is O=S(=O)(O)c1cccc(N=Cc2cccc3cccnc23)c1. The molecule has 1 heterocycles. The molecule has 6 heteroatoms. The van der Waals surface area contributed by atoms with Crippen molar-refractivity contribution in [3.8, 4) is 0 Å². The molecule has 0 amide bonds. The Balaban J connectivity index is 2.00. The molecule has 0 unspecified atom stereocenters. The lowest BCUT2D eigenvalue weighted by molar-refractivity contribution is 0.483. The van der Waals surface area contributed by atoms with Gasteiger partial charge in [0, 0.05) is 23.4 Å². The third-order valence-electron chi connectivity index (χ3n) is 3.13. The smallest absolute Gasteiger partial charge is 0.282 e. The minimum absolute atomic E-state index is 0.182. The maximum atomic E-state index is 11.1. The molecule has 0 aliphatic heterocycles. The lowest BCUT2D eigenvalue weighted by Gasteiger charge is -2.01. The van der Waals surface area contributed by atoms with Crippen LogP contribution in [0.3, 0.4) is 0 Å². The lowest BCUT2D eigenvalue weighted by atomic mass is 10.1. The predicted octanol–water partition coefficient (Wildman–Crippen LogP) is 3.23. The molecule has 0 radical (unpaired) electrons. The summed E-state index contributed by atoms with van der Waals surface area (Å²) < 4.78 is 31.3. The Labute approximate surface area is 127 Å². The topological polar surface area (TPSA) is 79.6 Å². The predicted molar refractivity (Wildman–Crippen MR) is 85.3 cm³/mol. The molecule has 0 bridgehead atoms. The Morgan fingerprint density at radius 1 is 1.05 bits per heavy atom. The summed E-state index contributed by atoms with van der Waals surface area (Å²) >= 11 is 0. The molecule has 1 aromatic heterocycles. The molecular formula is C16H12N2O3S. The van der Waals surface area contributed by atoms with Gasteiger partial charge in [-0.2, -0.15) is 8.42 Å². The zero-order valence-corrected chi connectivity index (χ0v) is 12.2. The van der Waals surface area contributed by atoms with Crippen molar-refractivity contribution in [3.63, 3.8) is 0 Å². The van der Waals surface area contributed by atoms with Crippen LogP contribution in [0.1, 0.15) is 5.56 Å². The standard InChI is InChI=1S/C16H12N2O3S/c19-22(20,21)15-8-2-7-14(10-15)18-11-13-5-1-4-12-6-3-9-17-16(12)13/h1-11H,(H,19,20,21). The van der Waals surface area contributed by atoms with Gasteiger partial charge in [0.25, 0.3) is 10.1 Å². The molecule has 22 heavy (non-hydrogen) atoms. The van der Waals surface area contributed by atoms with Gasteiger partial charge in [0.1, 0.15) is 0 Å². The molecule has 2 aromatic carbocycles. The first-order valence-electron chi connectivity index (χ1n) is 6.49. The third kappa shape index (κ3) is 3.03. The molecule has 0 aliphatic rings. The maximum Gasteiger partial charge on any atom is 0.294 e. The van der Waals surface area contributed by atoms with Crippen LogP contribution in [0.25, 0.3) is 10.9 Å². The average Bonchev–Trinajstić information content (AvgIpc) is 2.52. The summed E-state index contributed by atoms with van der Waals surface area (Å²) in [5.74, 6) is 0. The van der Waals surface area contributed by atoms with Crippen molar-refractivity contribution < 1.29 is 13.0 Å².